The maximum Gasteiger partial charge on any atom is 0.137 e. The fourth-order valence-electron chi connectivity index (χ4n) is 3.30. The number of rotatable bonds is 26. The van der Waals surface area contributed by atoms with E-state index in [9.17, 15) is 4.79 Å². The Balaban J connectivity index is 1.93. The van der Waals surface area contributed by atoms with Gasteiger partial charge in [0.1, 0.15) is 11.7 Å². The Hall–Kier alpha value is -0.610. The summed E-state index contributed by atoms with van der Waals surface area (Å²) in [6.45, 7) is 13.9. The Morgan fingerprint density at radius 2 is 1.32 bits per heavy atom. The van der Waals surface area contributed by atoms with E-state index in [0.29, 0.717) is 57.9 Å². The zero-order valence-electron chi connectivity index (χ0n) is 23.5. The molecule has 0 aliphatic heterocycles. The number of ether oxygens (including phenoxy) is 5. The summed E-state index contributed by atoms with van der Waals surface area (Å²) in [6, 6.07) is 8.23. The van der Waals surface area contributed by atoms with Crippen molar-refractivity contribution in [2.75, 3.05) is 58.8 Å². The van der Waals surface area contributed by atoms with Gasteiger partial charge in [-0.25, -0.2) is 0 Å². The molecule has 0 aliphatic carbocycles. The standard InChI is InChI=1S/C29H50O6S2/c1-25(2)9-7-16-31-19-21-33-22-20-32-17-8-10-28(30)23-27-11-13-29(14-12-27)37-36-24-34-15-5-6-18-35-26(3)4/h11-14,25-26H,5-10,15-24H2,1-4H3. The zero-order chi connectivity index (χ0) is 27.0. The highest BCUT2D eigenvalue weighted by Gasteiger charge is 2.05. The van der Waals surface area contributed by atoms with Gasteiger partial charge >= 0.3 is 0 Å². The molecule has 0 unspecified atom stereocenters. The molecular weight excluding hydrogens is 508 g/mol. The molecule has 1 aromatic carbocycles. The van der Waals surface area contributed by atoms with E-state index in [0.717, 1.165) is 57.0 Å². The molecule has 0 fully saturated rings. The molecule has 0 spiro atoms. The van der Waals surface area contributed by atoms with E-state index in [2.05, 4.69) is 39.8 Å². The monoisotopic (exact) mass is 558 g/mol. The van der Waals surface area contributed by atoms with Gasteiger partial charge in [-0.3, -0.25) is 4.79 Å². The first-order valence-corrected chi connectivity index (χ1v) is 16.1. The average Bonchev–Trinajstić information content (AvgIpc) is 2.86. The summed E-state index contributed by atoms with van der Waals surface area (Å²) in [5.74, 6) is 1.64. The molecule has 8 heteroatoms. The summed E-state index contributed by atoms with van der Waals surface area (Å²) in [6.07, 6.45) is 6.42. The topological polar surface area (TPSA) is 63.2 Å². The maximum absolute atomic E-state index is 12.3. The highest BCUT2D eigenvalue weighted by molar-refractivity contribution is 8.76. The highest BCUT2D eigenvalue weighted by atomic mass is 33.1. The minimum absolute atomic E-state index is 0.247. The second-order valence-electron chi connectivity index (χ2n) is 9.69. The number of carbonyl (C=O) groups excluding carboxylic acids is 1. The lowest BCUT2D eigenvalue weighted by atomic mass is 10.1. The summed E-state index contributed by atoms with van der Waals surface area (Å²) >= 11 is 0. The molecule has 214 valence electrons. The van der Waals surface area contributed by atoms with Gasteiger partial charge in [-0.1, -0.05) is 47.6 Å². The van der Waals surface area contributed by atoms with Crippen molar-refractivity contribution < 1.29 is 28.5 Å². The third-order valence-corrected chi connectivity index (χ3v) is 7.37. The van der Waals surface area contributed by atoms with E-state index >= 15 is 0 Å². The van der Waals surface area contributed by atoms with Crippen LogP contribution in [0.25, 0.3) is 0 Å². The lowest BCUT2D eigenvalue weighted by Crippen LogP contribution is -2.11. The summed E-state index contributed by atoms with van der Waals surface area (Å²) in [4.78, 5) is 13.4. The number of hydrogen-bond donors (Lipinski definition) is 0. The number of hydrogen-bond acceptors (Lipinski definition) is 8. The van der Waals surface area contributed by atoms with E-state index in [4.69, 9.17) is 23.7 Å². The van der Waals surface area contributed by atoms with Crippen molar-refractivity contribution in [1.82, 2.24) is 0 Å². The van der Waals surface area contributed by atoms with E-state index in [1.807, 2.05) is 12.1 Å². The van der Waals surface area contributed by atoms with Crippen molar-refractivity contribution >= 4 is 27.4 Å². The third kappa shape index (κ3) is 23.0. The Morgan fingerprint density at radius 3 is 1.97 bits per heavy atom. The first kappa shape index (κ1) is 34.4. The van der Waals surface area contributed by atoms with Crippen molar-refractivity contribution in [1.29, 1.82) is 0 Å². The van der Waals surface area contributed by atoms with E-state index in [1.165, 1.54) is 11.3 Å². The van der Waals surface area contributed by atoms with Crippen LogP contribution in [-0.4, -0.2) is 70.7 Å². The average molecular weight is 559 g/mol. The van der Waals surface area contributed by atoms with Crippen LogP contribution in [0.2, 0.25) is 0 Å². The van der Waals surface area contributed by atoms with Crippen LogP contribution in [0.3, 0.4) is 0 Å². The van der Waals surface area contributed by atoms with Gasteiger partial charge in [0.15, 0.2) is 0 Å². The molecule has 0 aromatic heterocycles. The smallest absolute Gasteiger partial charge is 0.137 e. The van der Waals surface area contributed by atoms with Gasteiger partial charge in [0.05, 0.1) is 32.5 Å². The van der Waals surface area contributed by atoms with Crippen LogP contribution in [0.1, 0.15) is 71.8 Å². The lowest BCUT2D eigenvalue weighted by molar-refractivity contribution is -0.118. The van der Waals surface area contributed by atoms with Gasteiger partial charge in [-0.05, 0) is 69.6 Å². The molecule has 0 saturated carbocycles. The number of Topliss-reactive ketones (excluding diaryl/α,β-unsaturated/α-hetero) is 1. The highest BCUT2D eigenvalue weighted by Crippen LogP contribution is 2.31. The molecule has 0 aliphatic rings. The van der Waals surface area contributed by atoms with Crippen molar-refractivity contribution in [3.05, 3.63) is 29.8 Å². The van der Waals surface area contributed by atoms with Crippen molar-refractivity contribution in [3.63, 3.8) is 0 Å². The summed E-state index contributed by atoms with van der Waals surface area (Å²) in [5, 5.41) is 0. The lowest BCUT2D eigenvalue weighted by Gasteiger charge is -2.08. The van der Waals surface area contributed by atoms with Crippen LogP contribution in [0, 0.1) is 5.92 Å². The molecule has 0 heterocycles. The largest absolute Gasteiger partial charge is 0.379 e. The summed E-state index contributed by atoms with van der Waals surface area (Å²) < 4.78 is 27.8. The molecule has 0 N–H and O–H groups in total. The van der Waals surface area contributed by atoms with E-state index in [-0.39, 0.29) is 5.78 Å². The molecule has 0 radical (unpaired) electrons. The van der Waals surface area contributed by atoms with Gasteiger partial charge in [0.25, 0.3) is 0 Å². The van der Waals surface area contributed by atoms with Gasteiger partial charge in [0.2, 0.25) is 0 Å². The van der Waals surface area contributed by atoms with Crippen molar-refractivity contribution in [2.45, 2.75) is 83.6 Å². The Kier molecular flexibility index (Phi) is 22.7. The van der Waals surface area contributed by atoms with Crippen LogP contribution in [0.4, 0.5) is 0 Å². The molecule has 0 amide bonds. The minimum Gasteiger partial charge on any atom is -0.379 e. The van der Waals surface area contributed by atoms with Crippen LogP contribution in [0.15, 0.2) is 29.2 Å². The molecule has 1 rings (SSSR count). The normalized spacial score (nSPS) is 11.6. The molecule has 0 saturated heterocycles. The molecule has 1 aromatic rings. The van der Waals surface area contributed by atoms with Gasteiger partial charge < -0.3 is 23.7 Å². The number of ketones is 1. The number of carbonyl (C=O) groups is 1. The Labute approximate surface area is 233 Å². The van der Waals surface area contributed by atoms with E-state index < -0.39 is 0 Å². The second kappa shape index (κ2) is 24.4. The number of benzene rings is 1. The first-order valence-electron chi connectivity index (χ1n) is 13.8. The molecule has 0 atom stereocenters. The predicted molar refractivity (Wildman–Crippen MR) is 156 cm³/mol. The molecule has 6 nitrogen and oxygen atoms in total. The van der Waals surface area contributed by atoms with Gasteiger partial charge in [-0.15, -0.1) is 0 Å². The predicted octanol–water partition coefficient (Wildman–Crippen LogP) is 6.98. The number of unbranched alkanes of at least 4 members (excludes halogenated alkanes) is 1. The van der Waals surface area contributed by atoms with Crippen molar-refractivity contribution in [3.8, 4) is 0 Å². The Bertz CT molecular complexity index is 654. The third-order valence-electron chi connectivity index (χ3n) is 5.30. The first-order chi connectivity index (χ1) is 18.0. The van der Waals surface area contributed by atoms with Gasteiger partial charge in [-0.2, -0.15) is 0 Å². The van der Waals surface area contributed by atoms with Crippen LogP contribution in [-0.2, 0) is 34.9 Å². The van der Waals surface area contributed by atoms with Crippen LogP contribution < -0.4 is 0 Å². The quantitative estimate of drug-likeness (QED) is 0.0685. The zero-order valence-corrected chi connectivity index (χ0v) is 25.2. The Morgan fingerprint density at radius 1 is 0.730 bits per heavy atom. The summed E-state index contributed by atoms with van der Waals surface area (Å²) in [5.41, 5.74) is 1.06. The molecule has 37 heavy (non-hydrogen) atoms. The summed E-state index contributed by atoms with van der Waals surface area (Å²) in [7, 11) is 3.39. The molecular formula is C29H50O6S2. The maximum atomic E-state index is 12.3. The minimum atomic E-state index is 0.247. The van der Waals surface area contributed by atoms with E-state index in [1.54, 1.807) is 21.6 Å². The second-order valence-corrected chi connectivity index (χ2v) is 12.0. The van der Waals surface area contributed by atoms with Crippen LogP contribution in [0.5, 0.6) is 0 Å². The van der Waals surface area contributed by atoms with Gasteiger partial charge in [0, 0.05) is 44.2 Å². The van der Waals surface area contributed by atoms with Crippen LogP contribution >= 0.6 is 21.6 Å². The fourth-order valence-corrected chi connectivity index (χ4v) is 5.00. The van der Waals surface area contributed by atoms with Crippen molar-refractivity contribution in [2.24, 2.45) is 5.92 Å². The SMILES string of the molecule is CC(C)CCCOCCOCCOCCCC(=O)Cc1ccc(SSCOCCCCOC(C)C)cc1. The fraction of sp³-hybridized carbons (Fsp3) is 0.759. The molecule has 0 bridgehead atoms.